The number of benzene rings is 11. The highest BCUT2D eigenvalue weighted by Crippen LogP contribution is 2.42. The highest BCUT2D eigenvalue weighted by atomic mass is 32.1. The van der Waals surface area contributed by atoms with Crippen molar-refractivity contribution >= 4 is 85.6 Å². The van der Waals surface area contributed by atoms with Crippen molar-refractivity contribution in [3.8, 4) is 62.1 Å². The van der Waals surface area contributed by atoms with Crippen LogP contribution in [0.15, 0.2) is 231 Å². The second kappa shape index (κ2) is 15.4. The van der Waals surface area contributed by atoms with Crippen molar-refractivity contribution < 1.29 is 0 Å². The highest BCUT2D eigenvalue weighted by Gasteiger charge is 2.20. The Labute approximate surface area is 395 Å². The molecule has 0 aliphatic carbocycles. The molecule has 0 radical (unpaired) electrons. The van der Waals surface area contributed by atoms with Gasteiger partial charge in [0.2, 0.25) is 0 Å². The van der Waals surface area contributed by atoms with Gasteiger partial charge in [-0.05, 0) is 115 Å². The molecule has 0 aliphatic heterocycles. The Morgan fingerprint density at radius 2 is 0.721 bits per heavy atom. The summed E-state index contributed by atoms with van der Waals surface area (Å²) in [5, 5.41) is 12.3. The number of hydrogen-bond donors (Lipinski definition) is 0. The van der Waals surface area contributed by atoms with Crippen LogP contribution in [0.5, 0.6) is 0 Å². The zero-order valence-corrected chi connectivity index (χ0v) is 37.5. The first-order chi connectivity index (χ1) is 33.7. The molecule has 0 bridgehead atoms. The molecule has 4 nitrogen and oxygen atoms in total. The third kappa shape index (κ3) is 6.24. The lowest BCUT2D eigenvalue weighted by Gasteiger charge is -2.16. The van der Waals surface area contributed by atoms with Crippen LogP contribution in [-0.4, -0.2) is 19.5 Å². The van der Waals surface area contributed by atoms with Gasteiger partial charge in [0.05, 0.1) is 11.0 Å². The predicted octanol–water partition coefficient (Wildman–Crippen LogP) is 17.1. The van der Waals surface area contributed by atoms with Crippen LogP contribution in [-0.2, 0) is 0 Å². The predicted molar refractivity (Wildman–Crippen MR) is 287 cm³/mol. The molecule has 316 valence electrons. The second-order valence-electron chi connectivity index (χ2n) is 17.6. The van der Waals surface area contributed by atoms with E-state index in [2.05, 4.69) is 217 Å². The smallest absolute Gasteiger partial charge is 0.164 e. The number of para-hydroxylation sites is 1. The van der Waals surface area contributed by atoms with Crippen molar-refractivity contribution in [2.24, 2.45) is 0 Å². The first kappa shape index (κ1) is 38.5. The van der Waals surface area contributed by atoms with Crippen molar-refractivity contribution in [3.63, 3.8) is 0 Å². The van der Waals surface area contributed by atoms with Crippen LogP contribution in [0.1, 0.15) is 0 Å². The summed E-state index contributed by atoms with van der Waals surface area (Å²) in [4.78, 5) is 15.9. The third-order valence-corrected chi connectivity index (χ3v) is 14.7. The molecule has 3 heterocycles. The lowest BCUT2D eigenvalue weighted by molar-refractivity contribution is 1.07. The fourth-order valence-corrected chi connectivity index (χ4v) is 11.5. The van der Waals surface area contributed by atoms with E-state index in [1.807, 2.05) is 29.5 Å². The molecule has 0 spiro atoms. The maximum absolute atomic E-state index is 5.40. The van der Waals surface area contributed by atoms with Gasteiger partial charge in [-0.25, -0.2) is 15.0 Å². The molecule has 0 unspecified atom stereocenters. The Morgan fingerprint density at radius 3 is 1.44 bits per heavy atom. The molecule has 0 atom stereocenters. The van der Waals surface area contributed by atoms with Crippen molar-refractivity contribution in [2.75, 3.05) is 0 Å². The van der Waals surface area contributed by atoms with Crippen LogP contribution in [0.4, 0.5) is 0 Å². The molecule has 68 heavy (non-hydrogen) atoms. The van der Waals surface area contributed by atoms with E-state index in [-0.39, 0.29) is 0 Å². The lowest BCUT2D eigenvalue weighted by Crippen LogP contribution is -2.02. The summed E-state index contributed by atoms with van der Waals surface area (Å²) < 4.78 is 4.92. The van der Waals surface area contributed by atoms with Crippen molar-refractivity contribution in [1.82, 2.24) is 19.5 Å². The summed E-state index contributed by atoms with van der Waals surface area (Å²) in [6.07, 6.45) is 0. The summed E-state index contributed by atoms with van der Waals surface area (Å²) in [5.41, 5.74) is 10.6. The topological polar surface area (TPSA) is 43.6 Å². The molecule has 0 N–H and O–H groups in total. The van der Waals surface area contributed by atoms with Gasteiger partial charge in [-0.3, -0.25) is 0 Å². The third-order valence-electron chi connectivity index (χ3n) is 13.6. The molecule has 0 saturated carbocycles. The number of nitrogens with zero attached hydrogens (tertiary/aromatic N) is 4. The van der Waals surface area contributed by atoms with E-state index in [1.54, 1.807) is 0 Å². The van der Waals surface area contributed by atoms with Crippen molar-refractivity contribution in [3.05, 3.63) is 231 Å². The van der Waals surface area contributed by atoms with Crippen LogP contribution in [0.2, 0.25) is 0 Å². The number of aromatic nitrogens is 4. The minimum atomic E-state index is 0.607. The van der Waals surface area contributed by atoms with E-state index in [0.29, 0.717) is 17.5 Å². The highest BCUT2D eigenvalue weighted by molar-refractivity contribution is 7.25. The molecule has 0 saturated heterocycles. The summed E-state index contributed by atoms with van der Waals surface area (Å²) >= 11 is 1.81. The van der Waals surface area contributed by atoms with Crippen LogP contribution in [0, 0.1) is 0 Å². The Balaban J connectivity index is 1.05. The minimum Gasteiger partial charge on any atom is -0.309 e. The van der Waals surface area contributed by atoms with Gasteiger partial charge in [0.1, 0.15) is 0 Å². The van der Waals surface area contributed by atoms with Gasteiger partial charge in [0, 0.05) is 53.3 Å². The van der Waals surface area contributed by atoms with E-state index < -0.39 is 0 Å². The SMILES string of the molecule is c1ccc(-c2ccc3c4ccccc4n(-c4cc(-c5ccc6c7ccccc7c7ccccc7c6c5)cc(-c5nc(-c6ccccc6)nc(-c6ccc7sc8ccccc8c7c6)n5)c4)c3c2)cc1. The standard InChI is InChI=1S/C63H38N4S/c1-3-15-39(16-4-1)42-28-31-53-52-23-11-13-25-57(52)67(58(53)38-42)46-34-44(41-27-30-51-49-21-8-7-19-47(49)48-20-9-10-22-50(48)55(51)36-41)33-45(35-46)63-65-61(40-17-5-2-6-18-40)64-62(66-63)43-29-32-60-56(37-43)54-24-12-14-26-59(54)68-60/h1-38H. The summed E-state index contributed by atoms with van der Waals surface area (Å²) in [6.45, 7) is 0. The zero-order chi connectivity index (χ0) is 44.7. The van der Waals surface area contributed by atoms with E-state index in [4.69, 9.17) is 15.0 Å². The Bertz CT molecular complexity index is 4290. The molecule has 0 amide bonds. The largest absolute Gasteiger partial charge is 0.309 e. The quantitative estimate of drug-likeness (QED) is 0.156. The van der Waals surface area contributed by atoms with Crippen LogP contribution >= 0.6 is 11.3 Å². The maximum Gasteiger partial charge on any atom is 0.164 e. The van der Waals surface area contributed by atoms with Crippen molar-refractivity contribution in [2.45, 2.75) is 0 Å². The molecule has 14 rings (SSSR count). The molecule has 0 fully saturated rings. The molecule has 3 aromatic heterocycles. The molecule has 14 aromatic rings. The average Bonchev–Trinajstić information content (AvgIpc) is 3.96. The molecular formula is C63H38N4S. The first-order valence-corrected chi connectivity index (χ1v) is 23.8. The Hall–Kier alpha value is -8.77. The lowest BCUT2D eigenvalue weighted by atomic mass is 9.91. The first-order valence-electron chi connectivity index (χ1n) is 23.0. The van der Waals surface area contributed by atoms with Gasteiger partial charge in [-0.2, -0.15) is 0 Å². The Kier molecular flexibility index (Phi) is 8.73. The van der Waals surface area contributed by atoms with Gasteiger partial charge >= 0.3 is 0 Å². The fourth-order valence-electron chi connectivity index (χ4n) is 10.4. The van der Waals surface area contributed by atoms with Crippen molar-refractivity contribution in [1.29, 1.82) is 0 Å². The fraction of sp³-hybridized carbons (Fsp3) is 0. The second-order valence-corrected chi connectivity index (χ2v) is 18.6. The normalized spacial score (nSPS) is 11.8. The van der Waals surface area contributed by atoms with Crippen LogP contribution < -0.4 is 0 Å². The van der Waals surface area contributed by atoms with E-state index >= 15 is 0 Å². The number of rotatable bonds is 6. The molecular weight excluding hydrogens is 845 g/mol. The van der Waals surface area contributed by atoms with Gasteiger partial charge < -0.3 is 4.57 Å². The average molecular weight is 883 g/mol. The molecule has 11 aromatic carbocycles. The van der Waals surface area contributed by atoms with Gasteiger partial charge in [-0.1, -0.05) is 170 Å². The maximum atomic E-state index is 5.40. The number of thiophene rings is 1. The van der Waals surface area contributed by atoms with E-state index in [9.17, 15) is 0 Å². The van der Waals surface area contributed by atoms with E-state index in [1.165, 1.54) is 68.8 Å². The zero-order valence-electron chi connectivity index (χ0n) is 36.6. The number of hydrogen-bond acceptors (Lipinski definition) is 4. The van der Waals surface area contributed by atoms with Crippen LogP contribution in [0.3, 0.4) is 0 Å². The molecule has 0 aliphatic rings. The summed E-state index contributed by atoms with van der Waals surface area (Å²) in [5.74, 6) is 1.86. The minimum absolute atomic E-state index is 0.607. The van der Waals surface area contributed by atoms with Gasteiger partial charge in [0.25, 0.3) is 0 Å². The van der Waals surface area contributed by atoms with Gasteiger partial charge in [0.15, 0.2) is 17.5 Å². The summed E-state index contributed by atoms with van der Waals surface area (Å²) in [6, 6.07) is 83.1. The van der Waals surface area contributed by atoms with Gasteiger partial charge in [-0.15, -0.1) is 11.3 Å². The summed E-state index contributed by atoms with van der Waals surface area (Å²) in [7, 11) is 0. The van der Waals surface area contributed by atoms with Crippen LogP contribution in [0.25, 0.3) is 136 Å². The van der Waals surface area contributed by atoms with E-state index in [0.717, 1.165) is 50.1 Å². The molecule has 5 heteroatoms. The number of fused-ring (bicyclic) bond motifs is 12. The Morgan fingerprint density at radius 1 is 0.250 bits per heavy atom. The monoisotopic (exact) mass is 882 g/mol.